The molecule has 1 aliphatic carbocycles. The number of rotatable bonds is 7. The number of amides is 1. The fourth-order valence-corrected chi connectivity index (χ4v) is 4.31. The highest BCUT2D eigenvalue weighted by molar-refractivity contribution is 5.83. The van der Waals surface area contributed by atoms with Crippen LogP contribution in [-0.2, 0) is 9.53 Å². The van der Waals surface area contributed by atoms with Gasteiger partial charge in [-0.3, -0.25) is 0 Å². The third kappa shape index (κ3) is 5.14. The van der Waals surface area contributed by atoms with Crippen LogP contribution in [0.4, 0.5) is 26.7 Å². The first-order valence-electron chi connectivity index (χ1n) is 11.4. The first kappa shape index (κ1) is 26.1. The molecular weight excluding hydrogens is 497 g/mol. The summed E-state index contributed by atoms with van der Waals surface area (Å²) in [5.74, 6) is -15.1. The zero-order chi connectivity index (χ0) is 26.9. The van der Waals surface area contributed by atoms with Crippen LogP contribution in [0.3, 0.4) is 0 Å². The summed E-state index contributed by atoms with van der Waals surface area (Å²) in [6, 6.07) is 13.8. The Kier molecular flexibility index (Phi) is 7.47. The lowest BCUT2D eigenvalue weighted by atomic mass is 9.98. The van der Waals surface area contributed by atoms with Crippen molar-refractivity contribution in [2.75, 3.05) is 6.61 Å². The van der Waals surface area contributed by atoms with E-state index in [0.29, 0.717) is 0 Å². The summed E-state index contributed by atoms with van der Waals surface area (Å²) in [5.41, 5.74) is 3.94. The van der Waals surface area contributed by atoms with Crippen LogP contribution in [0.5, 0.6) is 5.75 Å². The summed E-state index contributed by atoms with van der Waals surface area (Å²) >= 11 is 0. The molecule has 4 rings (SSSR count). The monoisotopic (exact) mass is 519 g/mol. The minimum Gasteiger partial charge on any atom is -0.449 e. The van der Waals surface area contributed by atoms with Crippen LogP contribution in [0.1, 0.15) is 37.3 Å². The molecule has 5 nitrogen and oxygen atoms in total. The van der Waals surface area contributed by atoms with Gasteiger partial charge >= 0.3 is 12.1 Å². The van der Waals surface area contributed by atoms with E-state index in [2.05, 4.69) is 10.1 Å². The summed E-state index contributed by atoms with van der Waals surface area (Å²) in [5, 5.41) is 2.28. The SMILES string of the molecule is CC(C)C[C@H](NC(=O)OCC1c2ccccc2-c2ccccc21)C(=O)Oc1c(F)c(F)c(F)c(F)c1F. The summed E-state index contributed by atoms with van der Waals surface area (Å²) in [6.07, 6.45) is -1.07. The van der Waals surface area contributed by atoms with Crippen molar-refractivity contribution in [1.82, 2.24) is 5.32 Å². The van der Waals surface area contributed by atoms with Crippen LogP contribution in [0.15, 0.2) is 48.5 Å². The van der Waals surface area contributed by atoms with E-state index >= 15 is 0 Å². The molecule has 1 N–H and O–H groups in total. The standard InChI is InChI=1S/C27H22F5NO4/c1-13(2)11-19(26(34)37-25-23(31)21(29)20(28)22(30)24(25)32)33-27(35)36-12-18-16-9-5-3-7-14(16)15-8-4-6-10-17(15)18/h3-10,13,18-19H,11-12H2,1-2H3,(H,33,35)/t19-/m0/s1. The van der Waals surface area contributed by atoms with Crippen molar-refractivity contribution in [3.8, 4) is 16.9 Å². The maximum Gasteiger partial charge on any atom is 0.407 e. The molecule has 0 aromatic heterocycles. The van der Waals surface area contributed by atoms with Crippen LogP contribution in [0, 0.1) is 35.0 Å². The molecule has 0 aliphatic heterocycles. The fourth-order valence-electron chi connectivity index (χ4n) is 4.31. The van der Waals surface area contributed by atoms with Gasteiger partial charge in [-0.2, -0.15) is 8.78 Å². The van der Waals surface area contributed by atoms with Crippen LogP contribution in [-0.4, -0.2) is 24.7 Å². The Morgan fingerprint density at radius 2 is 1.30 bits per heavy atom. The number of carbonyl (C=O) groups is 2. The van der Waals surface area contributed by atoms with Crippen molar-refractivity contribution in [3.05, 3.63) is 88.7 Å². The Balaban J connectivity index is 1.48. The Bertz CT molecular complexity index is 1290. The zero-order valence-corrected chi connectivity index (χ0v) is 19.8. The Morgan fingerprint density at radius 3 is 1.81 bits per heavy atom. The highest BCUT2D eigenvalue weighted by Crippen LogP contribution is 2.44. The molecule has 3 aromatic carbocycles. The number of halogens is 5. The van der Waals surface area contributed by atoms with Crippen LogP contribution in [0.2, 0.25) is 0 Å². The van der Waals surface area contributed by atoms with Gasteiger partial charge in [0.15, 0.2) is 0 Å². The van der Waals surface area contributed by atoms with Crippen LogP contribution >= 0.6 is 0 Å². The molecule has 1 amide bonds. The lowest BCUT2D eigenvalue weighted by Crippen LogP contribution is -2.44. The van der Waals surface area contributed by atoms with Gasteiger partial charge in [-0.05, 0) is 34.6 Å². The molecule has 1 aliphatic rings. The molecule has 0 saturated carbocycles. The normalized spacial score (nSPS) is 13.2. The van der Waals surface area contributed by atoms with Crippen molar-refractivity contribution < 1.29 is 41.0 Å². The second-order valence-electron chi connectivity index (χ2n) is 8.97. The van der Waals surface area contributed by atoms with Crippen molar-refractivity contribution in [3.63, 3.8) is 0 Å². The fraction of sp³-hybridized carbons (Fsp3) is 0.259. The minimum atomic E-state index is -2.38. The van der Waals surface area contributed by atoms with Gasteiger partial charge in [0.05, 0.1) is 0 Å². The number of esters is 1. The van der Waals surface area contributed by atoms with Crippen LogP contribution in [0.25, 0.3) is 11.1 Å². The highest BCUT2D eigenvalue weighted by Gasteiger charge is 2.33. The maximum atomic E-state index is 14.0. The van der Waals surface area contributed by atoms with Gasteiger partial charge in [-0.25, -0.2) is 22.8 Å². The van der Waals surface area contributed by atoms with E-state index in [9.17, 15) is 31.5 Å². The van der Waals surface area contributed by atoms with Crippen molar-refractivity contribution in [2.24, 2.45) is 5.92 Å². The smallest absolute Gasteiger partial charge is 0.407 e. The molecule has 0 radical (unpaired) electrons. The van der Waals surface area contributed by atoms with E-state index in [0.717, 1.165) is 22.3 Å². The van der Waals surface area contributed by atoms with E-state index in [1.54, 1.807) is 13.8 Å². The summed E-state index contributed by atoms with van der Waals surface area (Å²) in [4.78, 5) is 25.2. The van der Waals surface area contributed by atoms with E-state index < -0.39 is 52.9 Å². The number of carbonyl (C=O) groups excluding carboxylic acids is 2. The average molecular weight is 519 g/mol. The molecule has 0 unspecified atom stereocenters. The van der Waals surface area contributed by atoms with Gasteiger partial charge in [0, 0.05) is 5.92 Å². The number of hydrogen-bond donors (Lipinski definition) is 1. The quantitative estimate of drug-likeness (QED) is 0.132. The molecule has 194 valence electrons. The number of alkyl carbamates (subject to hydrolysis) is 1. The van der Waals surface area contributed by atoms with E-state index in [1.165, 1.54) is 0 Å². The third-order valence-electron chi connectivity index (χ3n) is 6.00. The summed E-state index contributed by atoms with van der Waals surface area (Å²) in [6.45, 7) is 3.32. The Hall–Kier alpha value is -3.95. The number of fused-ring (bicyclic) bond motifs is 3. The summed E-state index contributed by atoms with van der Waals surface area (Å²) < 4.78 is 78.1. The first-order chi connectivity index (χ1) is 17.6. The molecule has 37 heavy (non-hydrogen) atoms. The van der Waals surface area contributed by atoms with E-state index in [1.807, 2.05) is 48.5 Å². The van der Waals surface area contributed by atoms with E-state index in [4.69, 9.17) is 4.74 Å². The molecule has 3 aromatic rings. The highest BCUT2D eigenvalue weighted by atomic mass is 19.2. The maximum absolute atomic E-state index is 14.0. The second-order valence-corrected chi connectivity index (χ2v) is 8.97. The van der Waals surface area contributed by atoms with Gasteiger partial charge in [-0.1, -0.05) is 62.4 Å². The number of benzene rings is 3. The first-order valence-corrected chi connectivity index (χ1v) is 11.4. The molecule has 0 heterocycles. The second kappa shape index (κ2) is 10.6. The third-order valence-corrected chi connectivity index (χ3v) is 6.00. The lowest BCUT2D eigenvalue weighted by molar-refractivity contribution is -0.137. The van der Waals surface area contributed by atoms with Gasteiger partial charge in [0.25, 0.3) is 0 Å². The predicted molar refractivity (Wildman–Crippen MR) is 123 cm³/mol. The average Bonchev–Trinajstić information content (AvgIpc) is 3.20. The molecule has 0 saturated heterocycles. The molecule has 0 fully saturated rings. The topological polar surface area (TPSA) is 64.6 Å². The Labute approximate surface area is 209 Å². The zero-order valence-electron chi connectivity index (χ0n) is 19.8. The molecule has 0 spiro atoms. The number of nitrogens with one attached hydrogen (secondary N) is 1. The molecule has 1 atom stereocenters. The predicted octanol–water partition coefficient (Wildman–Crippen LogP) is 6.24. The largest absolute Gasteiger partial charge is 0.449 e. The lowest BCUT2D eigenvalue weighted by Gasteiger charge is -2.20. The molecular formula is C27H22F5NO4. The number of ether oxygens (including phenoxy) is 2. The molecule has 10 heteroatoms. The van der Waals surface area contributed by atoms with Crippen molar-refractivity contribution in [2.45, 2.75) is 32.2 Å². The molecule has 0 bridgehead atoms. The van der Waals surface area contributed by atoms with Gasteiger partial charge in [0.1, 0.15) is 12.6 Å². The van der Waals surface area contributed by atoms with Crippen molar-refractivity contribution in [1.29, 1.82) is 0 Å². The number of hydrogen-bond acceptors (Lipinski definition) is 4. The minimum absolute atomic E-state index is 0.0571. The van der Waals surface area contributed by atoms with Crippen molar-refractivity contribution >= 4 is 12.1 Å². The van der Waals surface area contributed by atoms with Gasteiger partial charge < -0.3 is 14.8 Å². The summed E-state index contributed by atoms with van der Waals surface area (Å²) in [7, 11) is 0. The van der Waals surface area contributed by atoms with Crippen LogP contribution < -0.4 is 10.1 Å². The Morgan fingerprint density at radius 1 is 0.811 bits per heavy atom. The van der Waals surface area contributed by atoms with E-state index in [-0.39, 0.29) is 24.9 Å². The van der Waals surface area contributed by atoms with Gasteiger partial charge in [-0.15, -0.1) is 0 Å². The van der Waals surface area contributed by atoms with Gasteiger partial charge in [0.2, 0.25) is 34.8 Å².